The fourth-order valence-corrected chi connectivity index (χ4v) is 4.97. The molecular formula is C23H24BrN3O3. The lowest BCUT2D eigenvalue weighted by molar-refractivity contribution is 0.0217. The van der Waals surface area contributed by atoms with Crippen LogP contribution >= 0.6 is 15.9 Å². The van der Waals surface area contributed by atoms with E-state index in [0.29, 0.717) is 28.3 Å². The van der Waals surface area contributed by atoms with Gasteiger partial charge in [-0.05, 0) is 48.8 Å². The highest BCUT2D eigenvalue weighted by Gasteiger charge is 2.55. The number of benzene rings is 2. The summed E-state index contributed by atoms with van der Waals surface area (Å²) >= 11 is 3.71. The van der Waals surface area contributed by atoms with Crippen LogP contribution in [0.1, 0.15) is 42.3 Å². The van der Waals surface area contributed by atoms with Crippen molar-refractivity contribution in [3.05, 3.63) is 69.0 Å². The normalized spacial score (nSPS) is 19.2. The number of halogens is 1. The van der Waals surface area contributed by atoms with Gasteiger partial charge in [0.05, 0.1) is 16.8 Å². The van der Waals surface area contributed by atoms with Crippen LogP contribution in [0.25, 0.3) is 0 Å². The lowest BCUT2D eigenvalue weighted by Gasteiger charge is -2.38. The number of fused-ring (bicyclic) bond motifs is 4. The molecule has 30 heavy (non-hydrogen) atoms. The number of carbonyl (C=O) groups excluding carboxylic acids is 1. The predicted octanol–water partition coefficient (Wildman–Crippen LogP) is 4.57. The average molecular weight is 470 g/mol. The van der Waals surface area contributed by atoms with Crippen molar-refractivity contribution in [3.8, 4) is 5.75 Å². The number of rotatable bonds is 5. The largest absolute Gasteiger partial charge is 0.440 e. The Labute approximate surface area is 184 Å². The quantitative estimate of drug-likeness (QED) is 0.495. The van der Waals surface area contributed by atoms with Gasteiger partial charge < -0.3 is 25.1 Å². The molecule has 2 aromatic rings. The summed E-state index contributed by atoms with van der Waals surface area (Å²) in [5, 5.41) is 11.6. The SMILES string of the molecule is CCN(CC)c1cc2c(cc1Br)C1(OC(=O)c3ccccc31)C(C(C)=N)=C(NC)O2. The molecule has 0 fully saturated rings. The summed E-state index contributed by atoms with van der Waals surface area (Å²) in [4.78, 5) is 15.1. The number of carbonyl (C=O) groups is 1. The molecule has 1 atom stereocenters. The molecule has 0 aliphatic carbocycles. The zero-order valence-corrected chi connectivity index (χ0v) is 19.0. The zero-order chi connectivity index (χ0) is 21.6. The average Bonchev–Trinajstić information content (AvgIpc) is 3.02. The van der Waals surface area contributed by atoms with Gasteiger partial charge in [-0.15, -0.1) is 0 Å². The van der Waals surface area contributed by atoms with Crippen molar-refractivity contribution >= 4 is 33.3 Å². The van der Waals surface area contributed by atoms with Gasteiger partial charge in [-0.25, -0.2) is 4.79 Å². The first-order chi connectivity index (χ1) is 14.4. The Hall–Kier alpha value is -2.80. The van der Waals surface area contributed by atoms with Crippen molar-refractivity contribution < 1.29 is 14.3 Å². The van der Waals surface area contributed by atoms with Gasteiger partial charge in [-0.2, -0.15) is 0 Å². The van der Waals surface area contributed by atoms with E-state index in [9.17, 15) is 4.79 Å². The van der Waals surface area contributed by atoms with Crippen LogP contribution in [0.15, 0.2) is 52.3 Å². The molecule has 2 heterocycles. The molecule has 4 rings (SSSR count). The highest BCUT2D eigenvalue weighted by atomic mass is 79.9. The number of esters is 1. The molecule has 0 saturated heterocycles. The minimum absolute atomic E-state index is 0.262. The van der Waals surface area contributed by atoms with E-state index >= 15 is 0 Å². The van der Waals surface area contributed by atoms with E-state index in [2.05, 4.69) is 40.0 Å². The Balaban J connectivity index is 2.07. The molecule has 2 aromatic carbocycles. The smallest absolute Gasteiger partial charge is 0.340 e. The Morgan fingerprint density at radius 1 is 1.20 bits per heavy atom. The van der Waals surface area contributed by atoms with E-state index in [4.69, 9.17) is 14.9 Å². The Morgan fingerprint density at radius 3 is 2.53 bits per heavy atom. The first-order valence-electron chi connectivity index (χ1n) is 9.96. The van der Waals surface area contributed by atoms with Gasteiger partial charge in [0.25, 0.3) is 0 Å². The fourth-order valence-electron chi connectivity index (χ4n) is 4.38. The van der Waals surface area contributed by atoms with E-state index in [1.807, 2.05) is 30.3 Å². The fraction of sp³-hybridized carbons (Fsp3) is 0.304. The van der Waals surface area contributed by atoms with Gasteiger partial charge in [0.15, 0.2) is 5.60 Å². The molecule has 7 heteroatoms. The van der Waals surface area contributed by atoms with E-state index in [-0.39, 0.29) is 5.71 Å². The van der Waals surface area contributed by atoms with Crippen molar-refractivity contribution in [2.24, 2.45) is 0 Å². The zero-order valence-electron chi connectivity index (χ0n) is 17.4. The highest BCUT2D eigenvalue weighted by molar-refractivity contribution is 9.10. The Morgan fingerprint density at radius 2 is 1.90 bits per heavy atom. The molecule has 0 amide bonds. The van der Waals surface area contributed by atoms with Crippen molar-refractivity contribution in [1.82, 2.24) is 5.32 Å². The topological polar surface area (TPSA) is 74.7 Å². The standard InChI is InChI=1S/C23H24BrN3O3/c1-5-27(6-2)18-12-19-16(11-17(18)24)23(20(13(3)25)21(26-4)29-19)15-10-8-7-9-14(15)22(28)30-23/h7-12,25-26H,5-6H2,1-4H3. The first-order valence-corrected chi connectivity index (χ1v) is 10.8. The van der Waals surface area contributed by atoms with Crippen LogP contribution in [-0.2, 0) is 10.3 Å². The van der Waals surface area contributed by atoms with Crippen LogP contribution in [0, 0.1) is 5.41 Å². The molecule has 0 aromatic heterocycles. The van der Waals surface area contributed by atoms with Crippen molar-refractivity contribution in [2.45, 2.75) is 26.4 Å². The van der Waals surface area contributed by atoms with Crippen LogP contribution in [-0.4, -0.2) is 31.8 Å². The van der Waals surface area contributed by atoms with E-state index in [1.54, 1.807) is 20.0 Å². The van der Waals surface area contributed by atoms with Crippen LogP contribution < -0.4 is 15.0 Å². The van der Waals surface area contributed by atoms with Crippen LogP contribution in [0.3, 0.4) is 0 Å². The maximum Gasteiger partial charge on any atom is 0.340 e. The van der Waals surface area contributed by atoms with Crippen molar-refractivity contribution in [3.63, 3.8) is 0 Å². The maximum atomic E-state index is 12.9. The molecule has 1 spiro atoms. The van der Waals surface area contributed by atoms with Crippen molar-refractivity contribution in [2.75, 3.05) is 25.0 Å². The predicted molar refractivity (Wildman–Crippen MR) is 120 cm³/mol. The summed E-state index contributed by atoms with van der Waals surface area (Å²) < 4.78 is 13.2. The second kappa shape index (κ2) is 7.47. The summed E-state index contributed by atoms with van der Waals surface area (Å²) in [5.41, 5.74) is 2.44. The Kier molecular flexibility index (Phi) is 5.10. The number of anilines is 1. The molecule has 2 aliphatic heterocycles. The summed E-state index contributed by atoms with van der Waals surface area (Å²) in [6.07, 6.45) is 0. The molecule has 6 nitrogen and oxygen atoms in total. The van der Waals surface area contributed by atoms with Gasteiger partial charge in [0, 0.05) is 47.5 Å². The highest BCUT2D eigenvalue weighted by Crippen LogP contribution is 2.55. The maximum absolute atomic E-state index is 12.9. The molecule has 156 valence electrons. The molecule has 1 unspecified atom stereocenters. The van der Waals surface area contributed by atoms with Crippen molar-refractivity contribution in [1.29, 1.82) is 5.41 Å². The summed E-state index contributed by atoms with van der Waals surface area (Å²) in [5.74, 6) is 0.600. The molecular weight excluding hydrogens is 446 g/mol. The van der Waals surface area contributed by atoms with Crippen LogP contribution in [0.4, 0.5) is 5.69 Å². The lowest BCUT2D eigenvalue weighted by Crippen LogP contribution is -2.41. The summed E-state index contributed by atoms with van der Waals surface area (Å²) in [6.45, 7) is 7.56. The van der Waals surface area contributed by atoms with Crippen LogP contribution in [0.2, 0.25) is 0 Å². The molecule has 2 N–H and O–H groups in total. The third-order valence-electron chi connectivity index (χ3n) is 5.70. The third kappa shape index (κ3) is 2.75. The number of nitrogens with one attached hydrogen (secondary N) is 2. The Bertz CT molecular complexity index is 1090. The molecule has 2 aliphatic rings. The molecule has 0 bridgehead atoms. The number of nitrogens with zero attached hydrogens (tertiary/aromatic N) is 1. The van der Waals surface area contributed by atoms with E-state index in [0.717, 1.165) is 28.8 Å². The number of hydrogen-bond acceptors (Lipinski definition) is 6. The second-order valence-corrected chi connectivity index (χ2v) is 8.12. The van der Waals surface area contributed by atoms with E-state index in [1.165, 1.54) is 0 Å². The third-order valence-corrected chi connectivity index (χ3v) is 6.33. The van der Waals surface area contributed by atoms with Gasteiger partial charge >= 0.3 is 5.97 Å². The summed E-state index contributed by atoms with van der Waals surface area (Å²) in [6, 6.07) is 11.3. The summed E-state index contributed by atoms with van der Waals surface area (Å²) in [7, 11) is 1.74. The lowest BCUT2D eigenvalue weighted by atomic mass is 9.76. The minimum Gasteiger partial charge on any atom is -0.440 e. The monoisotopic (exact) mass is 469 g/mol. The number of ether oxygens (including phenoxy) is 2. The molecule has 0 saturated carbocycles. The van der Waals surface area contributed by atoms with E-state index < -0.39 is 11.6 Å². The van der Waals surface area contributed by atoms with Gasteiger partial charge in [-0.3, -0.25) is 0 Å². The van der Waals surface area contributed by atoms with Gasteiger partial charge in [-0.1, -0.05) is 18.2 Å². The second-order valence-electron chi connectivity index (χ2n) is 7.27. The first kappa shape index (κ1) is 20.5. The number of hydrogen-bond donors (Lipinski definition) is 2. The van der Waals surface area contributed by atoms with Gasteiger partial charge in [0.2, 0.25) is 5.88 Å². The van der Waals surface area contributed by atoms with Gasteiger partial charge in [0.1, 0.15) is 5.75 Å². The van der Waals surface area contributed by atoms with Crippen LogP contribution in [0.5, 0.6) is 5.75 Å². The molecule has 0 radical (unpaired) electrons. The minimum atomic E-state index is -1.24.